The zero-order valence-corrected chi connectivity index (χ0v) is 30.8. The molecule has 0 unspecified atom stereocenters. The summed E-state index contributed by atoms with van der Waals surface area (Å²) in [5.41, 5.74) is 6.93. The first-order chi connectivity index (χ1) is 25.8. The van der Waals surface area contributed by atoms with E-state index in [2.05, 4.69) is 21.3 Å². The van der Waals surface area contributed by atoms with Gasteiger partial charge in [0.15, 0.2) is 0 Å². The number of halogens is 2. The summed E-state index contributed by atoms with van der Waals surface area (Å²) < 4.78 is 31.2. The van der Waals surface area contributed by atoms with Crippen LogP contribution in [0.15, 0.2) is 60.8 Å². The lowest BCUT2D eigenvalue weighted by atomic mass is 9.84. The Morgan fingerprint density at radius 3 is 2.11 bits per heavy atom. The van der Waals surface area contributed by atoms with Crippen molar-refractivity contribution in [2.45, 2.75) is 83.6 Å². The number of carbonyl (C=O) groups excluding carboxylic acids is 3. The normalized spacial score (nSPS) is 13.6. The lowest BCUT2D eigenvalue weighted by Gasteiger charge is -2.33. The van der Waals surface area contributed by atoms with Crippen LogP contribution in [0, 0.1) is 17.0 Å². The third-order valence-electron chi connectivity index (χ3n) is 8.66. The molecular formula is C38H48F2N6O9. The minimum absolute atomic E-state index is 0.0335. The first kappa shape index (κ1) is 43.7. The second kappa shape index (κ2) is 20.1. The van der Waals surface area contributed by atoms with Gasteiger partial charge in [0.05, 0.1) is 18.5 Å². The molecule has 0 spiro atoms. The molecular weight excluding hydrogens is 722 g/mol. The van der Waals surface area contributed by atoms with Crippen molar-refractivity contribution in [3.8, 4) is 11.1 Å². The Morgan fingerprint density at radius 2 is 1.51 bits per heavy atom. The molecule has 4 atom stereocenters. The molecule has 0 aliphatic carbocycles. The molecule has 298 valence electrons. The molecule has 0 fully saturated rings. The number of hydrogen-bond acceptors (Lipinski definition) is 8. The maximum Gasteiger partial charge on any atom is 0.326 e. The number of benzene rings is 2. The first-order valence-corrected chi connectivity index (χ1v) is 17.6. The molecule has 15 nitrogen and oxygen atoms in total. The summed E-state index contributed by atoms with van der Waals surface area (Å²) in [5.74, 6) is -7.74. The smallest absolute Gasteiger partial charge is 0.326 e. The van der Waals surface area contributed by atoms with Gasteiger partial charge >= 0.3 is 17.9 Å². The van der Waals surface area contributed by atoms with Crippen LogP contribution in [0.1, 0.15) is 70.2 Å². The highest BCUT2D eigenvalue weighted by atomic mass is 19.1. The molecule has 0 saturated heterocycles. The second-order valence-electron chi connectivity index (χ2n) is 14.1. The Labute approximate surface area is 316 Å². The number of nitrogens with zero attached hydrogens (tertiary/aromatic N) is 1. The van der Waals surface area contributed by atoms with Gasteiger partial charge in [-0.3, -0.25) is 29.3 Å². The summed E-state index contributed by atoms with van der Waals surface area (Å²) in [6.45, 7) is 6.09. The molecule has 0 aliphatic rings. The van der Waals surface area contributed by atoms with Crippen molar-refractivity contribution in [3.63, 3.8) is 0 Å². The number of aliphatic carboxylic acids is 3. The Balaban J connectivity index is 1.85. The highest BCUT2D eigenvalue weighted by Gasteiger charge is 2.32. The molecule has 9 N–H and O–H groups in total. The van der Waals surface area contributed by atoms with Gasteiger partial charge in [-0.2, -0.15) is 0 Å². The SMILES string of the molecule is CC(C)(C)[C@@H](NCC[C@H](N[C@@H](CC(N)=O)C(=O)O)C(=O)NCCC(=O)N[C@@H](CCC(=O)O)C(=O)O)c1cc(-c2cc(F)ccc2F)cn1Cc1ccccc1. The van der Waals surface area contributed by atoms with E-state index in [1.54, 1.807) is 12.3 Å². The summed E-state index contributed by atoms with van der Waals surface area (Å²) in [4.78, 5) is 71.8. The van der Waals surface area contributed by atoms with Crippen LogP contribution >= 0.6 is 0 Å². The Bertz CT molecular complexity index is 1830. The van der Waals surface area contributed by atoms with E-state index in [9.17, 15) is 47.8 Å². The van der Waals surface area contributed by atoms with E-state index >= 15 is 0 Å². The Kier molecular flexibility index (Phi) is 16.0. The zero-order chi connectivity index (χ0) is 40.9. The van der Waals surface area contributed by atoms with Crippen molar-refractivity contribution in [1.82, 2.24) is 25.8 Å². The number of hydrogen-bond donors (Lipinski definition) is 8. The number of carboxylic acids is 3. The topological polar surface area (TPSA) is 242 Å². The van der Waals surface area contributed by atoms with E-state index in [1.165, 1.54) is 0 Å². The number of rotatable bonds is 22. The van der Waals surface area contributed by atoms with E-state index in [0.717, 1.165) is 29.5 Å². The molecule has 0 radical (unpaired) electrons. The molecule has 1 heterocycles. The van der Waals surface area contributed by atoms with Gasteiger partial charge in [0.2, 0.25) is 17.7 Å². The van der Waals surface area contributed by atoms with Crippen LogP contribution in [0.2, 0.25) is 0 Å². The van der Waals surface area contributed by atoms with Gasteiger partial charge in [-0.25, -0.2) is 13.6 Å². The van der Waals surface area contributed by atoms with Gasteiger partial charge < -0.3 is 41.6 Å². The van der Waals surface area contributed by atoms with Crippen LogP contribution < -0.4 is 27.0 Å². The molecule has 0 aliphatic heterocycles. The lowest BCUT2D eigenvalue weighted by molar-refractivity contribution is -0.143. The monoisotopic (exact) mass is 770 g/mol. The van der Waals surface area contributed by atoms with Crippen molar-refractivity contribution < 1.29 is 52.9 Å². The average Bonchev–Trinajstić information content (AvgIpc) is 3.50. The number of primary amides is 1. The van der Waals surface area contributed by atoms with E-state index in [4.69, 9.17) is 10.8 Å². The number of aromatic nitrogens is 1. The largest absolute Gasteiger partial charge is 0.481 e. The number of nitrogens with two attached hydrogens (primary N) is 1. The molecule has 0 saturated carbocycles. The van der Waals surface area contributed by atoms with Gasteiger partial charge in [-0.15, -0.1) is 0 Å². The molecule has 3 aromatic rings. The van der Waals surface area contributed by atoms with Crippen LogP contribution in [0.4, 0.5) is 8.78 Å². The molecule has 55 heavy (non-hydrogen) atoms. The van der Waals surface area contributed by atoms with E-state index < -0.39 is 89.7 Å². The van der Waals surface area contributed by atoms with Crippen LogP contribution in [0.3, 0.4) is 0 Å². The number of carbonyl (C=O) groups is 6. The quantitative estimate of drug-likeness (QED) is 0.0739. The van der Waals surface area contributed by atoms with E-state index in [-0.39, 0.29) is 37.9 Å². The van der Waals surface area contributed by atoms with E-state index in [1.807, 2.05) is 55.7 Å². The summed E-state index contributed by atoms with van der Waals surface area (Å²) in [7, 11) is 0. The molecule has 0 bridgehead atoms. The van der Waals surface area contributed by atoms with Crippen molar-refractivity contribution in [2.75, 3.05) is 13.1 Å². The zero-order valence-electron chi connectivity index (χ0n) is 30.8. The third-order valence-corrected chi connectivity index (χ3v) is 8.66. The van der Waals surface area contributed by atoms with Crippen LogP contribution in [-0.4, -0.2) is 86.7 Å². The summed E-state index contributed by atoms with van der Waals surface area (Å²) in [6, 6.07) is 9.79. The van der Waals surface area contributed by atoms with Crippen LogP contribution in [0.5, 0.6) is 0 Å². The highest BCUT2D eigenvalue weighted by Crippen LogP contribution is 2.37. The van der Waals surface area contributed by atoms with E-state index in [0.29, 0.717) is 12.1 Å². The minimum Gasteiger partial charge on any atom is -0.481 e. The van der Waals surface area contributed by atoms with Crippen LogP contribution in [-0.2, 0) is 35.3 Å². The fourth-order valence-corrected chi connectivity index (χ4v) is 5.95. The van der Waals surface area contributed by atoms with Gasteiger partial charge in [0.25, 0.3) is 0 Å². The second-order valence-corrected chi connectivity index (χ2v) is 14.1. The number of amides is 3. The Hall–Kier alpha value is -5.68. The predicted octanol–water partition coefficient (Wildman–Crippen LogP) is 2.78. The lowest BCUT2D eigenvalue weighted by Crippen LogP contribution is -2.53. The maximum absolute atomic E-state index is 15.0. The predicted molar refractivity (Wildman–Crippen MR) is 196 cm³/mol. The number of carboxylic acid groups (broad SMARTS) is 3. The molecule has 17 heteroatoms. The third kappa shape index (κ3) is 13.9. The summed E-state index contributed by atoms with van der Waals surface area (Å²) in [5, 5.41) is 38.7. The van der Waals surface area contributed by atoms with Crippen molar-refractivity contribution >= 4 is 35.6 Å². The fraction of sp³-hybridized carbons (Fsp3) is 0.421. The van der Waals surface area contributed by atoms with Gasteiger partial charge in [-0.05, 0) is 54.6 Å². The summed E-state index contributed by atoms with van der Waals surface area (Å²) in [6.07, 6.45) is -0.148. The van der Waals surface area contributed by atoms with Crippen LogP contribution in [0.25, 0.3) is 11.1 Å². The van der Waals surface area contributed by atoms with Gasteiger partial charge in [0, 0.05) is 48.9 Å². The Morgan fingerprint density at radius 1 is 0.836 bits per heavy atom. The highest BCUT2D eigenvalue weighted by molar-refractivity contribution is 5.87. The summed E-state index contributed by atoms with van der Waals surface area (Å²) >= 11 is 0. The maximum atomic E-state index is 15.0. The molecule has 3 amide bonds. The molecule has 1 aromatic heterocycles. The van der Waals surface area contributed by atoms with Gasteiger partial charge in [-0.1, -0.05) is 51.1 Å². The standard InChI is InChI=1S/C38H48F2N6O9/c1-38(2,3)34(30-17-23(25-18-24(39)9-10-26(25)40)21-46(30)20-22-7-5-4-6-8-22)42-15-13-27(44-29(37(54)55)19-31(41)47)35(51)43-16-14-32(48)45-28(36(52)53)11-12-33(49)50/h4-10,17-18,21,27-29,34,42,44H,11-16,19-20H2,1-3H3,(H2,41,47)(H,43,51)(H,45,48)(H,49,50)(H,52,53)(H,54,55)/t27-,28-,29-,34-/m0/s1. The van der Waals surface area contributed by atoms with Gasteiger partial charge in [0.1, 0.15) is 23.7 Å². The fourth-order valence-electron chi connectivity index (χ4n) is 5.95. The van der Waals surface area contributed by atoms with Crippen molar-refractivity contribution in [2.24, 2.45) is 11.1 Å². The first-order valence-electron chi connectivity index (χ1n) is 17.6. The average molecular weight is 771 g/mol. The van der Waals surface area contributed by atoms with Crippen molar-refractivity contribution in [1.29, 1.82) is 0 Å². The number of nitrogens with one attached hydrogen (secondary N) is 4. The molecule has 3 rings (SSSR count). The van der Waals surface area contributed by atoms with Crippen molar-refractivity contribution in [3.05, 3.63) is 83.7 Å². The minimum atomic E-state index is -1.53. The molecule has 2 aromatic carbocycles.